The van der Waals surface area contributed by atoms with Gasteiger partial charge in [0.25, 0.3) is 5.91 Å². The highest BCUT2D eigenvalue weighted by molar-refractivity contribution is 6.31. The highest BCUT2D eigenvalue weighted by Gasteiger charge is 2.17. The SMILES string of the molecule is Cc1cccc(N(C)C(=O)c2cnn(Cc3ccccc3Cl)c2)c1C. The van der Waals surface area contributed by atoms with Crippen LogP contribution in [0.4, 0.5) is 5.69 Å². The van der Waals surface area contributed by atoms with Gasteiger partial charge in [0.15, 0.2) is 0 Å². The first-order chi connectivity index (χ1) is 12.0. The second kappa shape index (κ2) is 7.11. The molecule has 0 spiro atoms. The van der Waals surface area contributed by atoms with Gasteiger partial charge in [-0.3, -0.25) is 9.48 Å². The summed E-state index contributed by atoms with van der Waals surface area (Å²) >= 11 is 6.19. The first-order valence-corrected chi connectivity index (χ1v) is 8.45. The number of carbonyl (C=O) groups is 1. The number of anilines is 1. The molecule has 2 aromatic carbocycles. The van der Waals surface area contributed by atoms with Crippen LogP contribution in [0.15, 0.2) is 54.9 Å². The van der Waals surface area contributed by atoms with Crippen LogP contribution >= 0.6 is 11.6 Å². The van der Waals surface area contributed by atoms with E-state index in [2.05, 4.69) is 5.10 Å². The van der Waals surface area contributed by atoms with E-state index in [4.69, 9.17) is 11.6 Å². The second-order valence-corrected chi connectivity index (χ2v) is 6.51. The van der Waals surface area contributed by atoms with Crippen LogP contribution in [0.2, 0.25) is 5.02 Å². The average Bonchev–Trinajstić information content (AvgIpc) is 3.07. The molecule has 1 heterocycles. The summed E-state index contributed by atoms with van der Waals surface area (Å²) in [6.07, 6.45) is 3.36. The third-order valence-corrected chi connectivity index (χ3v) is 4.78. The van der Waals surface area contributed by atoms with Gasteiger partial charge in [-0.2, -0.15) is 5.10 Å². The largest absolute Gasteiger partial charge is 0.311 e. The van der Waals surface area contributed by atoms with Gasteiger partial charge in [-0.1, -0.05) is 41.9 Å². The highest BCUT2D eigenvalue weighted by Crippen LogP contribution is 2.23. The maximum atomic E-state index is 12.8. The third-order valence-electron chi connectivity index (χ3n) is 4.41. The fourth-order valence-corrected chi connectivity index (χ4v) is 2.96. The molecule has 0 atom stereocenters. The van der Waals surface area contributed by atoms with Crippen molar-refractivity contribution in [1.29, 1.82) is 0 Å². The van der Waals surface area contributed by atoms with Crippen molar-refractivity contribution in [2.45, 2.75) is 20.4 Å². The Morgan fingerprint density at radius 3 is 2.68 bits per heavy atom. The minimum Gasteiger partial charge on any atom is -0.311 e. The van der Waals surface area contributed by atoms with E-state index >= 15 is 0 Å². The van der Waals surface area contributed by atoms with Gasteiger partial charge < -0.3 is 4.90 Å². The zero-order valence-corrected chi connectivity index (χ0v) is 15.3. The lowest BCUT2D eigenvalue weighted by atomic mass is 10.1. The van der Waals surface area contributed by atoms with Gasteiger partial charge in [-0.25, -0.2) is 0 Å². The van der Waals surface area contributed by atoms with Gasteiger partial charge in [0.2, 0.25) is 0 Å². The van der Waals surface area contributed by atoms with E-state index < -0.39 is 0 Å². The zero-order valence-electron chi connectivity index (χ0n) is 14.5. The molecule has 1 aromatic heterocycles. The minimum atomic E-state index is -0.0842. The number of carbonyl (C=O) groups excluding carboxylic acids is 1. The summed E-state index contributed by atoms with van der Waals surface area (Å²) in [6, 6.07) is 13.6. The van der Waals surface area contributed by atoms with Crippen LogP contribution in [0.5, 0.6) is 0 Å². The van der Waals surface area contributed by atoms with Crippen molar-refractivity contribution in [2.75, 3.05) is 11.9 Å². The Kier molecular flexibility index (Phi) is 4.91. The Morgan fingerprint density at radius 1 is 1.16 bits per heavy atom. The Morgan fingerprint density at radius 2 is 1.92 bits per heavy atom. The van der Waals surface area contributed by atoms with Crippen LogP contribution < -0.4 is 4.90 Å². The fraction of sp³-hybridized carbons (Fsp3) is 0.200. The molecule has 3 aromatic rings. The van der Waals surface area contributed by atoms with E-state index in [9.17, 15) is 4.79 Å². The van der Waals surface area contributed by atoms with Gasteiger partial charge in [0.05, 0.1) is 18.3 Å². The number of benzene rings is 2. The van der Waals surface area contributed by atoms with Gasteiger partial charge in [0.1, 0.15) is 0 Å². The number of amides is 1. The van der Waals surface area contributed by atoms with Crippen molar-refractivity contribution in [3.8, 4) is 0 Å². The molecule has 0 saturated heterocycles. The number of hydrogen-bond acceptors (Lipinski definition) is 2. The molecule has 0 bridgehead atoms. The van der Waals surface area contributed by atoms with E-state index in [-0.39, 0.29) is 5.91 Å². The number of halogens is 1. The Labute approximate surface area is 152 Å². The van der Waals surface area contributed by atoms with Crippen molar-refractivity contribution < 1.29 is 4.79 Å². The first kappa shape index (κ1) is 17.2. The predicted octanol–water partition coefficient (Wildman–Crippen LogP) is 4.48. The standard InChI is InChI=1S/C20H20ClN3O/c1-14-7-6-10-19(15(14)2)23(3)20(25)17-11-22-24(13-17)12-16-8-4-5-9-18(16)21/h4-11,13H,12H2,1-3H3. The summed E-state index contributed by atoms with van der Waals surface area (Å²) in [5, 5.41) is 4.99. The van der Waals surface area contributed by atoms with Crippen LogP contribution in [0.1, 0.15) is 27.0 Å². The fourth-order valence-electron chi connectivity index (χ4n) is 2.76. The number of aryl methyl sites for hydroxylation is 1. The zero-order chi connectivity index (χ0) is 18.0. The van der Waals surface area contributed by atoms with Crippen LogP contribution in [0.25, 0.3) is 0 Å². The van der Waals surface area contributed by atoms with Crippen LogP contribution in [-0.2, 0) is 6.54 Å². The van der Waals surface area contributed by atoms with Crippen molar-refractivity contribution in [2.24, 2.45) is 0 Å². The molecule has 4 nitrogen and oxygen atoms in total. The molecule has 0 unspecified atom stereocenters. The maximum Gasteiger partial charge on any atom is 0.261 e. The number of aromatic nitrogens is 2. The molecule has 3 rings (SSSR count). The van der Waals surface area contributed by atoms with E-state index in [0.29, 0.717) is 17.1 Å². The molecule has 0 aliphatic heterocycles. The lowest BCUT2D eigenvalue weighted by molar-refractivity contribution is 0.0993. The molecule has 0 aliphatic carbocycles. The molecule has 5 heteroatoms. The highest BCUT2D eigenvalue weighted by atomic mass is 35.5. The summed E-state index contributed by atoms with van der Waals surface area (Å²) < 4.78 is 1.73. The first-order valence-electron chi connectivity index (χ1n) is 8.07. The molecule has 128 valence electrons. The Bertz CT molecular complexity index is 917. The molecule has 1 amide bonds. The van der Waals surface area contributed by atoms with Crippen molar-refractivity contribution in [3.05, 3.63) is 82.1 Å². The Hall–Kier alpha value is -2.59. The smallest absolute Gasteiger partial charge is 0.261 e. The van der Waals surface area contributed by atoms with Crippen molar-refractivity contribution in [1.82, 2.24) is 9.78 Å². The summed E-state index contributed by atoms with van der Waals surface area (Å²) in [5.41, 5.74) is 4.68. The van der Waals surface area contributed by atoms with E-state index in [1.807, 2.05) is 56.3 Å². The van der Waals surface area contributed by atoms with E-state index in [1.54, 1.807) is 29.0 Å². The van der Waals surface area contributed by atoms with Gasteiger partial charge in [-0.15, -0.1) is 0 Å². The number of nitrogens with zero attached hydrogens (tertiary/aromatic N) is 3. The normalized spacial score (nSPS) is 10.7. The number of rotatable bonds is 4. The molecule has 0 radical (unpaired) electrons. The lowest BCUT2D eigenvalue weighted by Gasteiger charge is -2.20. The van der Waals surface area contributed by atoms with E-state index in [1.165, 1.54) is 0 Å². The maximum absolute atomic E-state index is 12.8. The lowest BCUT2D eigenvalue weighted by Crippen LogP contribution is -2.26. The van der Waals surface area contributed by atoms with Crippen LogP contribution in [0, 0.1) is 13.8 Å². The quantitative estimate of drug-likeness (QED) is 0.693. The monoisotopic (exact) mass is 353 g/mol. The molecule has 0 aliphatic rings. The number of hydrogen-bond donors (Lipinski definition) is 0. The third kappa shape index (κ3) is 3.59. The second-order valence-electron chi connectivity index (χ2n) is 6.10. The average molecular weight is 354 g/mol. The van der Waals surface area contributed by atoms with E-state index in [0.717, 1.165) is 22.4 Å². The van der Waals surface area contributed by atoms with Crippen molar-refractivity contribution >= 4 is 23.2 Å². The van der Waals surface area contributed by atoms with Crippen LogP contribution in [0.3, 0.4) is 0 Å². The molecule has 25 heavy (non-hydrogen) atoms. The van der Waals surface area contributed by atoms with Gasteiger partial charge in [0, 0.05) is 24.0 Å². The Balaban J connectivity index is 1.81. The molecular weight excluding hydrogens is 334 g/mol. The predicted molar refractivity (Wildman–Crippen MR) is 101 cm³/mol. The van der Waals surface area contributed by atoms with Gasteiger partial charge in [-0.05, 0) is 42.7 Å². The van der Waals surface area contributed by atoms with Gasteiger partial charge >= 0.3 is 0 Å². The summed E-state index contributed by atoms with van der Waals surface area (Å²) in [6.45, 7) is 4.59. The summed E-state index contributed by atoms with van der Waals surface area (Å²) in [4.78, 5) is 14.5. The minimum absolute atomic E-state index is 0.0842. The van der Waals surface area contributed by atoms with Crippen LogP contribution in [-0.4, -0.2) is 22.7 Å². The summed E-state index contributed by atoms with van der Waals surface area (Å²) in [7, 11) is 1.79. The summed E-state index contributed by atoms with van der Waals surface area (Å²) in [5.74, 6) is -0.0842. The molecule has 0 saturated carbocycles. The molecule has 0 fully saturated rings. The van der Waals surface area contributed by atoms with Crippen molar-refractivity contribution in [3.63, 3.8) is 0 Å². The molecular formula is C20H20ClN3O. The molecule has 0 N–H and O–H groups in total. The topological polar surface area (TPSA) is 38.1 Å².